The number of Topliss-reactive ketones (excluding diaryl/α,β-unsaturated/α-hetero) is 1. The number of hydrogen-bond acceptors (Lipinski definition) is 4. The van der Waals surface area contributed by atoms with Crippen molar-refractivity contribution >= 4 is 5.78 Å². The van der Waals surface area contributed by atoms with E-state index in [0.29, 0.717) is 13.2 Å². The molecule has 0 spiro atoms. The molecule has 0 saturated carbocycles. The number of nitrogens with one attached hydrogen (secondary N) is 1. The summed E-state index contributed by atoms with van der Waals surface area (Å²) < 4.78 is 4.88. The van der Waals surface area contributed by atoms with Crippen LogP contribution < -0.4 is 5.32 Å². The first-order valence-electron chi connectivity index (χ1n) is 2.83. The third kappa shape index (κ3) is 1.48. The second kappa shape index (κ2) is 2.91. The van der Waals surface area contributed by atoms with Gasteiger partial charge in [-0.05, 0) is 0 Å². The van der Waals surface area contributed by atoms with Crippen LogP contribution in [0.5, 0.6) is 0 Å². The van der Waals surface area contributed by atoms with E-state index < -0.39 is 12.8 Å². The van der Waals surface area contributed by atoms with Gasteiger partial charge in [-0.15, -0.1) is 0 Å². The fourth-order valence-electron chi connectivity index (χ4n) is 0.715. The minimum absolute atomic E-state index is 0.299. The van der Waals surface area contributed by atoms with E-state index in [-0.39, 0.29) is 5.78 Å². The molecule has 9 heavy (non-hydrogen) atoms. The van der Waals surface area contributed by atoms with Crippen molar-refractivity contribution in [2.75, 3.05) is 19.8 Å². The lowest BCUT2D eigenvalue weighted by Gasteiger charge is -2.04. The van der Waals surface area contributed by atoms with Crippen LogP contribution in [0.4, 0.5) is 0 Å². The molecular formula is C5H9NO3. The molecule has 52 valence electrons. The van der Waals surface area contributed by atoms with Gasteiger partial charge in [0, 0.05) is 6.54 Å². The van der Waals surface area contributed by atoms with E-state index in [4.69, 9.17) is 9.84 Å². The summed E-state index contributed by atoms with van der Waals surface area (Å²) in [7, 11) is 0. The maximum Gasteiger partial charge on any atom is 0.201 e. The molecule has 0 aromatic heterocycles. The Morgan fingerprint density at radius 2 is 2.67 bits per heavy atom. The molecule has 1 unspecified atom stereocenters. The van der Waals surface area contributed by atoms with Crippen LogP contribution >= 0.6 is 0 Å². The Balaban J connectivity index is 2.32. The normalized spacial score (nSPS) is 26.6. The number of carbonyl (C=O) groups excluding carboxylic acids is 1. The van der Waals surface area contributed by atoms with Gasteiger partial charge in [-0.3, -0.25) is 10.1 Å². The van der Waals surface area contributed by atoms with Crippen LogP contribution in [0.1, 0.15) is 0 Å². The van der Waals surface area contributed by atoms with Crippen molar-refractivity contribution in [3.63, 3.8) is 0 Å². The van der Waals surface area contributed by atoms with Gasteiger partial charge in [-0.25, -0.2) is 0 Å². The molecule has 0 aromatic rings. The van der Waals surface area contributed by atoms with Gasteiger partial charge in [-0.2, -0.15) is 0 Å². The lowest BCUT2D eigenvalue weighted by atomic mass is 10.4. The summed E-state index contributed by atoms with van der Waals surface area (Å²) in [6, 6.07) is 0. The summed E-state index contributed by atoms with van der Waals surface area (Å²) >= 11 is 0. The molecule has 1 saturated heterocycles. The van der Waals surface area contributed by atoms with Gasteiger partial charge in [0.05, 0.1) is 6.61 Å². The molecule has 1 atom stereocenters. The minimum Gasteiger partial charge on any atom is -0.388 e. The predicted octanol–water partition coefficient (Wildman–Crippen LogP) is -1.51. The lowest BCUT2D eigenvalue weighted by molar-refractivity contribution is -0.131. The van der Waals surface area contributed by atoms with Crippen molar-refractivity contribution in [1.29, 1.82) is 0 Å². The monoisotopic (exact) mass is 131 g/mol. The predicted molar refractivity (Wildman–Crippen MR) is 29.8 cm³/mol. The number of aliphatic hydroxyl groups is 1. The molecule has 0 radical (unpaired) electrons. The number of hydrogen-bond donors (Lipinski definition) is 2. The van der Waals surface area contributed by atoms with Crippen molar-refractivity contribution in [3.05, 3.63) is 0 Å². The molecule has 4 heteroatoms. The number of carbonyl (C=O) groups is 1. The van der Waals surface area contributed by atoms with Crippen LogP contribution in [0.15, 0.2) is 0 Å². The van der Waals surface area contributed by atoms with Crippen molar-refractivity contribution in [2.24, 2.45) is 0 Å². The Bertz CT molecular complexity index is 109. The lowest BCUT2D eigenvalue weighted by Crippen LogP contribution is -2.33. The van der Waals surface area contributed by atoms with Gasteiger partial charge in [-0.1, -0.05) is 0 Å². The summed E-state index contributed by atoms with van der Waals surface area (Å²) in [5, 5.41) is 11.1. The highest BCUT2D eigenvalue weighted by Crippen LogP contribution is 1.94. The van der Waals surface area contributed by atoms with Gasteiger partial charge in [0.15, 0.2) is 6.23 Å². The van der Waals surface area contributed by atoms with E-state index in [1.165, 1.54) is 0 Å². The first kappa shape index (κ1) is 6.67. The van der Waals surface area contributed by atoms with E-state index in [9.17, 15) is 4.79 Å². The molecule has 4 nitrogen and oxygen atoms in total. The van der Waals surface area contributed by atoms with Crippen LogP contribution in [0, 0.1) is 0 Å². The molecule has 1 aliphatic rings. The van der Waals surface area contributed by atoms with E-state index in [0.717, 1.165) is 0 Å². The maximum absolute atomic E-state index is 10.6. The van der Waals surface area contributed by atoms with Crippen molar-refractivity contribution in [2.45, 2.75) is 6.23 Å². The molecule has 1 heterocycles. The van der Waals surface area contributed by atoms with Crippen molar-refractivity contribution < 1.29 is 14.6 Å². The van der Waals surface area contributed by atoms with E-state index in [1.54, 1.807) is 0 Å². The van der Waals surface area contributed by atoms with Gasteiger partial charge in [0.1, 0.15) is 6.61 Å². The average Bonchev–Trinajstić information content (AvgIpc) is 2.37. The summed E-state index contributed by atoms with van der Waals surface area (Å²) in [6.07, 6.45) is -0.560. The first-order chi connectivity index (χ1) is 4.34. The summed E-state index contributed by atoms with van der Waals surface area (Å²) in [5.41, 5.74) is 0. The van der Waals surface area contributed by atoms with E-state index >= 15 is 0 Å². The smallest absolute Gasteiger partial charge is 0.201 e. The zero-order valence-corrected chi connectivity index (χ0v) is 4.96. The van der Waals surface area contributed by atoms with E-state index in [1.807, 2.05) is 0 Å². The van der Waals surface area contributed by atoms with Crippen molar-refractivity contribution in [3.8, 4) is 0 Å². The Hall–Kier alpha value is -0.450. The molecule has 1 aliphatic heterocycles. The summed E-state index contributed by atoms with van der Waals surface area (Å²) in [6.45, 7) is 0.796. The highest BCUT2D eigenvalue weighted by atomic mass is 16.5. The molecule has 1 fully saturated rings. The molecule has 0 aliphatic carbocycles. The second-order valence-electron chi connectivity index (χ2n) is 1.83. The molecular weight excluding hydrogens is 122 g/mol. The van der Waals surface area contributed by atoms with Gasteiger partial charge >= 0.3 is 0 Å². The summed E-state index contributed by atoms with van der Waals surface area (Å²) in [5.74, 6) is -0.299. The SMILES string of the molecule is O=C(CO)C1NCCO1. The van der Waals surface area contributed by atoms with Crippen molar-refractivity contribution in [1.82, 2.24) is 5.32 Å². The third-order valence-corrected chi connectivity index (χ3v) is 1.16. The zero-order valence-electron chi connectivity index (χ0n) is 4.96. The fourth-order valence-corrected chi connectivity index (χ4v) is 0.715. The summed E-state index contributed by atoms with van der Waals surface area (Å²) in [4.78, 5) is 10.6. The average molecular weight is 131 g/mol. The third-order valence-electron chi connectivity index (χ3n) is 1.16. The molecule has 0 aromatic carbocycles. The van der Waals surface area contributed by atoms with Crippen LogP contribution in [0.3, 0.4) is 0 Å². The minimum atomic E-state index is -0.560. The highest BCUT2D eigenvalue weighted by molar-refractivity contribution is 5.83. The number of ketones is 1. The first-order valence-corrected chi connectivity index (χ1v) is 2.83. The number of aliphatic hydroxyl groups excluding tert-OH is 1. The largest absolute Gasteiger partial charge is 0.388 e. The molecule has 0 amide bonds. The van der Waals surface area contributed by atoms with Crippen LogP contribution in [0.2, 0.25) is 0 Å². The Labute approximate surface area is 52.8 Å². The number of rotatable bonds is 2. The quantitative estimate of drug-likeness (QED) is 0.478. The molecule has 0 bridgehead atoms. The highest BCUT2D eigenvalue weighted by Gasteiger charge is 2.21. The Kier molecular flexibility index (Phi) is 2.16. The Morgan fingerprint density at radius 3 is 3.11 bits per heavy atom. The molecule has 1 rings (SSSR count). The topological polar surface area (TPSA) is 58.6 Å². The van der Waals surface area contributed by atoms with Gasteiger partial charge in [0.25, 0.3) is 0 Å². The van der Waals surface area contributed by atoms with Crippen LogP contribution in [-0.2, 0) is 9.53 Å². The van der Waals surface area contributed by atoms with Crippen LogP contribution in [-0.4, -0.2) is 36.9 Å². The standard InChI is InChI=1S/C5H9NO3/c7-3-4(8)5-6-1-2-9-5/h5-7H,1-3H2. The number of ether oxygens (including phenoxy) is 1. The van der Waals surface area contributed by atoms with Crippen LogP contribution in [0.25, 0.3) is 0 Å². The Morgan fingerprint density at radius 1 is 1.89 bits per heavy atom. The van der Waals surface area contributed by atoms with E-state index in [2.05, 4.69) is 5.32 Å². The fraction of sp³-hybridized carbons (Fsp3) is 0.800. The molecule has 2 N–H and O–H groups in total. The van der Waals surface area contributed by atoms with Gasteiger partial charge in [0.2, 0.25) is 5.78 Å². The zero-order chi connectivity index (χ0) is 6.69. The second-order valence-corrected chi connectivity index (χ2v) is 1.83. The maximum atomic E-state index is 10.6. The van der Waals surface area contributed by atoms with Gasteiger partial charge < -0.3 is 9.84 Å².